The molecular weight excluding hydrogens is 827 g/mol. The van der Waals surface area contributed by atoms with Gasteiger partial charge >= 0.3 is 0 Å². The van der Waals surface area contributed by atoms with Gasteiger partial charge in [0.15, 0.2) is 6.29 Å². The third kappa shape index (κ3) is 36.0. The van der Waals surface area contributed by atoms with E-state index in [1.165, 1.54) is 154 Å². The van der Waals surface area contributed by atoms with Crippen molar-refractivity contribution in [2.24, 2.45) is 0 Å². The molecule has 9 nitrogen and oxygen atoms in total. The second-order valence-electron chi connectivity index (χ2n) is 19.0. The van der Waals surface area contributed by atoms with Crippen LogP contribution in [0.1, 0.15) is 239 Å². The first-order valence-electron chi connectivity index (χ1n) is 27.5. The second kappa shape index (κ2) is 46.6. The smallest absolute Gasteiger partial charge is 0.220 e. The SMILES string of the molecule is CCCCCC/C=C\C/C=C\CCCCCCCCCC(=O)NC(COC1OC(CO)C(O)C(O)C1O)C(O)/C=C/CC/C=C/CC/C=C/CCCCCCCCCCCCCCCCC. The van der Waals surface area contributed by atoms with Gasteiger partial charge in [-0.25, -0.2) is 0 Å². The summed E-state index contributed by atoms with van der Waals surface area (Å²) in [5, 5.41) is 54.4. The van der Waals surface area contributed by atoms with Crippen LogP contribution in [-0.2, 0) is 14.3 Å². The lowest BCUT2D eigenvalue weighted by Gasteiger charge is -2.40. The lowest BCUT2D eigenvalue weighted by molar-refractivity contribution is -0.302. The Kier molecular flexibility index (Phi) is 43.7. The van der Waals surface area contributed by atoms with E-state index < -0.39 is 49.5 Å². The minimum absolute atomic E-state index is 0.199. The van der Waals surface area contributed by atoms with Crippen molar-refractivity contribution in [3.63, 3.8) is 0 Å². The van der Waals surface area contributed by atoms with E-state index in [0.717, 1.165) is 64.2 Å². The summed E-state index contributed by atoms with van der Waals surface area (Å²) in [6.45, 7) is 3.74. The van der Waals surface area contributed by atoms with Crippen molar-refractivity contribution >= 4 is 5.91 Å². The molecule has 0 aromatic rings. The highest BCUT2D eigenvalue weighted by Gasteiger charge is 2.44. The summed E-state index contributed by atoms with van der Waals surface area (Å²) in [5.74, 6) is -0.199. The number of nitrogens with one attached hydrogen (secondary N) is 1. The largest absolute Gasteiger partial charge is 0.394 e. The molecule has 66 heavy (non-hydrogen) atoms. The number of unbranched alkanes of at least 4 members (excludes halogenated alkanes) is 28. The molecule has 1 aliphatic heterocycles. The van der Waals surface area contributed by atoms with Gasteiger partial charge in [0.2, 0.25) is 5.91 Å². The molecule has 7 unspecified atom stereocenters. The molecular formula is C57H103NO8. The molecule has 1 rings (SSSR count). The van der Waals surface area contributed by atoms with Gasteiger partial charge < -0.3 is 40.3 Å². The Morgan fingerprint density at radius 3 is 1.38 bits per heavy atom. The van der Waals surface area contributed by atoms with E-state index >= 15 is 0 Å². The summed E-state index contributed by atoms with van der Waals surface area (Å²) < 4.78 is 11.2. The number of carbonyl (C=O) groups is 1. The lowest BCUT2D eigenvalue weighted by atomic mass is 9.99. The first-order chi connectivity index (χ1) is 32.3. The van der Waals surface area contributed by atoms with Crippen molar-refractivity contribution in [3.05, 3.63) is 60.8 Å². The van der Waals surface area contributed by atoms with Gasteiger partial charge in [0.1, 0.15) is 24.4 Å². The molecule has 384 valence electrons. The summed E-state index contributed by atoms with van der Waals surface area (Å²) in [6, 6.07) is -0.835. The van der Waals surface area contributed by atoms with Crippen LogP contribution in [0.15, 0.2) is 60.8 Å². The van der Waals surface area contributed by atoms with Crippen LogP contribution in [0.3, 0.4) is 0 Å². The quantitative estimate of drug-likeness (QED) is 0.0261. The summed E-state index contributed by atoms with van der Waals surface area (Å²) >= 11 is 0. The molecule has 6 N–H and O–H groups in total. The van der Waals surface area contributed by atoms with Gasteiger partial charge in [-0.2, -0.15) is 0 Å². The van der Waals surface area contributed by atoms with E-state index in [4.69, 9.17) is 9.47 Å². The Balaban J connectivity index is 2.30. The maximum Gasteiger partial charge on any atom is 0.220 e. The Labute approximate surface area is 405 Å². The molecule has 1 amide bonds. The average molecular weight is 930 g/mol. The number of allylic oxidation sites excluding steroid dienone is 9. The maximum absolute atomic E-state index is 13.0. The van der Waals surface area contributed by atoms with Crippen LogP contribution in [0.5, 0.6) is 0 Å². The molecule has 9 heteroatoms. The van der Waals surface area contributed by atoms with E-state index in [2.05, 4.69) is 67.8 Å². The first-order valence-corrected chi connectivity index (χ1v) is 27.5. The zero-order valence-corrected chi connectivity index (χ0v) is 42.4. The number of ether oxygens (including phenoxy) is 2. The molecule has 0 saturated carbocycles. The number of rotatable bonds is 46. The third-order valence-electron chi connectivity index (χ3n) is 12.8. The Hall–Kier alpha value is -2.11. The van der Waals surface area contributed by atoms with Crippen LogP contribution in [0.25, 0.3) is 0 Å². The minimum Gasteiger partial charge on any atom is -0.394 e. The normalized spacial score (nSPS) is 20.3. The topological polar surface area (TPSA) is 149 Å². The highest BCUT2D eigenvalue weighted by atomic mass is 16.7. The second-order valence-corrected chi connectivity index (χ2v) is 19.0. The van der Waals surface area contributed by atoms with Crippen molar-refractivity contribution in [1.82, 2.24) is 5.32 Å². The molecule has 1 saturated heterocycles. The number of hydrogen-bond donors (Lipinski definition) is 6. The molecule has 0 aromatic carbocycles. The van der Waals surface area contributed by atoms with Crippen LogP contribution in [0.4, 0.5) is 0 Å². The molecule has 1 aliphatic rings. The summed E-state index contributed by atoms with van der Waals surface area (Å²) in [6.07, 6.45) is 55.6. The zero-order valence-electron chi connectivity index (χ0n) is 42.4. The van der Waals surface area contributed by atoms with Crippen molar-refractivity contribution in [3.8, 4) is 0 Å². The minimum atomic E-state index is -1.58. The Morgan fingerprint density at radius 2 is 0.909 bits per heavy atom. The van der Waals surface area contributed by atoms with Gasteiger partial charge in [-0.1, -0.05) is 216 Å². The molecule has 0 bridgehead atoms. The standard InChI is InChI=1S/C57H103NO8/c1-3-5-7-9-11-13-15-17-19-21-23-24-25-26-27-28-29-30-32-34-36-38-40-42-44-46-51(60)50(49-65-57-56(64)55(63)54(62)52(48-59)66-57)58-53(61)47-45-43-41-39-37-35-33-31-22-20-18-16-14-12-10-8-6-4-2/h14,16,20,22,29-30,36,38,44,46,50-52,54-57,59-60,62-64H,3-13,15,17-19,21,23-28,31-35,37,39-43,45,47-49H2,1-2H3,(H,58,61)/b16-14-,22-20-,30-29+,38-36+,46-44+. The average Bonchev–Trinajstić information content (AvgIpc) is 3.32. The van der Waals surface area contributed by atoms with Crippen LogP contribution in [0, 0.1) is 0 Å². The molecule has 7 atom stereocenters. The van der Waals surface area contributed by atoms with Gasteiger partial charge in [-0.05, 0) is 77.0 Å². The van der Waals surface area contributed by atoms with Crippen molar-refractivity contribution in [2.45, 2.75) is 281 Å². The van der Waals surface area contributed by atoms with E-state index in [1.54, 1.807) is 6.08 Å². The van der Waals surface area contributed by atoms with Crippen LogP contribution < -0.4 is 5.32 Å². The van der Waals surface area contributed by atoms with Crippen LogP contribution >= 0.6 is 0 Å². The van der Waals surface area contributed by atoms with Crippen molar-refractivity contribution < 1.29 is 39.8 Å². The molecule has 1 fully saturated rings. The van der Waals surface area contributed by atoms with E-state index in [9.17, 15) is 30.3 Å². The van der Waals surface area contributed by atoms with Gasteiger partial charge in [0.05, 0.1) is 25.4 Å². The monoisotopic (exact) mass is 930 g/mol. The summed E-state index contributed by atoms with van der Waals surface area (Å²) in [5.41, 5.74) is 0. The Morgan fingerprint density at radius 1 is 0.515 bits per heavy atom. The fraction of sp³-hybridized carbons (Fsp3) is 0.807. The fourth-order valence-corrected chi connectivity index (χ4v) is 8.40. The summed E-state index contributed by atoms with van der Waals surface area (Å²) in [7, 11) is 0. The molecule has 0 spiro atoms. The molecule has 1 heterocycles. The molecule has 0 aliphatic carbocycles. The third-order valence-corrected chi connectivity index (χ3v) is 12.8. The fourth-order valence-electron chi connectivity index (χ4n) is 8.40. The number of aliphatic hydroxyl groups excluding tert-OH is 5. The number of aliphatic hydroxyl groups is 5. The van der Waals surface area contributed by atoms with Crippen molar-refractivity contribution in [1.29, 1.82) is 0 Å². The zero-order chi connectivity index (χ0) is 48.0. The van der Waals surface area contributed by atoms with Gasteiger partial charge in [-0.15, -0.1) is 0 Å². The van der Waals surface area contributed by atoms with Gasteiger partial charge in [0, 0.05) is 6.42 Å². The van der Waals surface area contributed by atoms with Crippen LogP contribution in [-0.4, -0.2) is 87.5 Å². The maximum atomic E-state index is 13.0. The summed E-state index contributed by atoms with van der Waals surface area (Å²) in [4.78, 5) is 13.0. The molecule has 0 radical (unpaired) electrons. The van der Waals surface area contributed by atoms with E-state index in [0.29, 0.717) is 6.42 Å². The van der Waals surface area contributed by atoms with Crippen molar-refractivity contribution in [2.75, 3.05) is 13.2 Å². The first kappa shape index (κ1) is 61.9. The highest BCUT2D eigenvalue weighted by molar-refractivity contribution is 5.76. The highest BCUT2D eigenvalue weighted by Crippen LogP contribution is 2.23. The lowest BCUT2D eigenvalue weighted by Crippen LogP contribution is -2.60. The Bertz CT molecular complexity index is 1220. The van der Waals surface area contributed by atoms with E-state index in [-0.39, 0.29) is 12.5 Å². The molecule has 0 aromatic heterocycles. The van der Waals surface area contributed by atoms with Gasteiger partial charge in [-0.3, -0.25) is 4.79 Å². The van der Waals surface area contributed by atoms with Gasteiger partial charge in [0.25, 0.3) is 0 Å². The van der Waals surface area contributed by atoms with Crippen LogP contribution in [0.2, 0.25) is 0 Å². The number of amides is 1. The number of hydrogen-bond acceptors (Lipinski definition) is 8. The predicted molar refractivity (Wildman–Crippen MR) is 276 cm³/mol. The predicted octanol–water partition coefficient (Wildman–Crippen LogP) is 13.1. The number of carbonyl (C=O) groups excluding carboxylic acids is 1. The van der Waals surface area contributed by atoms with E-state index in [1.807, 2.05) is 6.08 Å².